The van der Waals surface area contributed by atoms with Crippen LogP contribution in [-0.2, 0) is 6.42 Å². The quantitative estimate of drug-likeness (QED) is 0.859. The largest absolute Gasteiger partial charge is 0.495 e. The molecule has 2 rings (SSSR count). The van der Waals surface area contributed by atoms with Crippen molar-refractivity contribution in [3.05, 3.63) is 28.3 Å². The zero-order valence-electron chi connectivity index (χ0n) is 10.8. The van der Waals surface area contributed by atoms with Gasteiger partial charge in [0.25, 0.3) is 0 Å². The molecular weight excluding hydrogens is 274 g/mol. The number of hydrogen-bond donors (Lipinski definition) is 1. The van der Waals surface area contributed by atoms with Crippen LogP contribution in [0.2, 0.25) is 5.02 Å². The molecule has 0 spiro atoms. The molecule has 0 aliphatic carbocycles. The topological polar surface area (TPSA) is 24.5 Å². The molecular formula is C13H17ClF2N2O. The van der Waals surface area contributed by atoms with E-state index in [-0.39, 0.29) is 16.3 Å². The minimum absolute atomic E-state index is 0.0302. The van der Waals surface area contributed by atoms with Crippen LogP contribution in [-0.4, -0.2) is 44.7 Å². The van der Waals surface area contributed by atoms with E-state index >= 15 is 0 Å². The number of rotatable bonds is 4. The molecule has 0 amide bonds. The zero-order chi connectivity index (χ0) is 13.8. The SMILES string of the molecule is COc1cc(F)c(CCN2CCNCC2)c(F)c1Cl. The van der Waals surface area contributed by atoms with Gasteiger partial charge in [0, 0.05) is 44.4 Å². The van der Waals surface area contributed by atoms with E-state index < -0.39 is 11.6 Å². The first kappa shape index (κ1) is 14.5. The van der Waals surface area contributed by atoms with Gasteiger partial charge in [0.2, 0.25) is 0 Å². The van der Waals surface area contributed by atoms with Crippen molar-refractivity contribution in [3.8, 4) is 5.75 Å². The maximum atomic E-state index is 14.0. The van der Waals surface area contributed by atoms with E-state index in [1.807, 2.05) is 0 Å². The Morgan fingerprint density at radius 1 is 1.37 bits per heavy atom. The average Bonchev–Trinajstić information content (AvgIpc) is 2.44. The number of nitrogens with zero attached hydrogens (tertiary/aromatic N) is 1. The van der Waals surface area contributed by atoms with E-state index in [1.54, 1.807) is 0 Å². The lowest BCUT2D eigenvalue weighted by atomic mass is 10.1. The van der Waals surface area contributed by atoms with Gasteiger partial charge in [-0.1, -0.05) is 11.6 Å². The minimum Gasteiger partial charge on any atom is -0.495 e. The number of piperazine rings is 1. The molecule has 106 valence electrons. The molecule has 3 nitrogen and oxygen atoms in total. The van der Waals surface area contributed by atoms with E-state index in [2.05, 4.69) is 10.2 Å². The molecule has 1 fully saturated rings. The summed E-state index contributed by atoms with van der Waals surface area (Å²) in [4.78, 5) is 2.17. The van der Waals surface area contributed by atoms with E-state index in [1.165, 1.54) is 7.11 Å². The summed E-state index contributed by atoms with van der Waals surface area (Å²) >= 11 is 5.80. The van der Waals surface area contributed by atoms with Gasteiger partial charge in [0.1, 0.15) is 16.6 Å². The van der Waals surface area contributed by atoms with Crippen molar-refractivity contribution < 1.29 is 13.5 Å². The lowest BCUT2D eigenvalue weighted by Gasteiger charge is -2.27. The molecule has 1 N–H and O–H groups in total. The molecule has 0 saturated carbocycles. The summed E-state index contributed by atoms with van der Waals surface area (Å²) in [6.07, 6.45) is 0.307. The number of methoxy groups -OCH3 is 1. The van der Waals surface area contributed by atoms with Crippen molar-refractivity contribution >= 4 is 11.6 Å². The van der Waals surface area contributed by atoms with Gasteiger partial charge in [-0.3, -0.25) is 0 Å². The van der Waals surface area contributed by atoms with E-state index in [4.69, 9.17) is 16.3 Å². The molecule has 1 aromatic carbocycles. The van der Waals surface area contributed by atoms with Gasteiger partial charge in [-0.15, -0.1) is 0 Å². The van der Waals surface area contributed by atoms with Gasteiger partial charge in [-0.25, -0.2) is 8.78 Å². The van der Waals surface area contributed by atoms with E-state index in [0.717, 1.165) is 32.2 Å². The van der Waals surface area contributed by atoms with Crippen LogP contribution in [0.3, 0.4) is 0 Å². The Morgan fingerprint density at radius 2 is 2.05 bits per heavy atom. The molecule has 1 aliphatic rings. The molecule has 1 saturated heterocycles. The molecule has 0 bridgehead atoms. The van der Waals surface area contributed by atoms with Gasteiger partial charge in [-0.2, -0.15) is 0 Å². The molecule has 1 aromatic rings. The third kappa shape index (κ3) is 3.35. The Labute approximate surface area is 116 Å². The molecule has 0 unspecified atom stereocenters. The number of hydrogen-bond acceptors (Lipinski definition) is 3. The average molecular weight is 291 g/mol. The lowest BCUT2D eigenvalue weighted by Crippen LogP contribution is -2.44. The summed E-state index contributed by atoms with van der Waals surface area (Å²) in [6, 6.07) is 1.14. The van der Waals surface area contributed by atoms with Crippen molar-refractivity contribution in [2.45, 2.75) is 6.42 Å². The molecule has 0 atom stereocenters. The van der Waals surface area contributed by atoms with Crippen molar-refractivity contribution in [2.75, 3.05) is 39.8 Å². The second-order valence-corrected chi connectivity index (χ2v) is 4.89. The zero-order valence-corrected chi connectivity index (χ0v) is 11.6. The van der Waals surface area contributed by atoms with Crippen LogP contribution in [0.25, 0.3) is 0 Å². The van der Waals surface area contributed by atoms with Crippen LogP contribution < -0.4 is 10.1 Å². The van der Waals surface area contributed by atoms with Crippen LogP contribution in [0.15, 0.2) is 6.07 Å². The standard InChI is InChI=1S/C13H17ClF2N2O/c1-19-11-8-10(15)9(13(16)12(11)14)2-5-18-6-3-17-4-7-18/h8,17H,2-7H2,1H3. The van der Waals surface area contributed by atoms with Crippen LogP contribution in [0.4, 0.5) is 8.78 Å². The number of benzene rings is 1. The Hall–Kier alpha value is -0.910. The third-order valence-corrected chi connectivity index (χ3v) is 3.68. The summed E-state index contributed by atoms with van der Waals surface area (Å²) in [7, 11) is 1.33. The van der Waals surface area contributed by atoms with Gasteiger partial charge in [0.05, 0.1) is 7.11 Å². The predicted molar refractivity (Wildman–Crippen MR) is 70.9 cm³/mol. The number of nitrogens with one attached hydrogen (secondary N) is 1. The fourth-order valence-electron chi connectivity index (χ4n) is 2.19. The normalized spacial score (nSPS) is 16.6. The van der Waals surface area contributed by atoms with Crippen molar-refractivity contribution in [3.63, 3.8) is 0 Å². The highest BCUT2D eigenvalue weighted by molar-refractivity contribution is 6.32. The fourth-order valence-corrected chi connectivity index (χ4v) is 2.44. The lowest BCUT2D eigenvalue weighted by molar-refractivity contribution is 0.242. The Bertz CT molecular complexity index is 451. The first-order valence-electron chi connectivity index (χ1n) is 6.27. The Kier molecular flexibility index (Phi) is 4.96. The summed E-state index contributed by atoms with van der Waals surface area (Å²) < 4.78 is 32.6. The summed E-state index contributed by atoms with van der Waals surface area (Å²) in [5, 5.41) is 3.08. The smallest absolute Gasteiger partial charge is 0.151 e. The maximum absolute atomic E-state index is 14.0. The predicted octanol–water partition coefficient (Wildman–Crippen LogP) is 2.07. The molecule has 0 aromatic heterocycles. The van der Waals surface area contributed by atoms with Gasteiger partial charge in [-0.05, 0) is 6.42 Å². The minimum atomic E-state index is -0.714. The summed E-state index contributed by atoms with van der Waals surface area (Å²) in [5.41, 5.74) is 0.0318. The van der Waals surface area contributed by atoms with Gasteiger partial charge in [0.15, 0.2) is 5.82 Å². The van der Waals surface area contributed by atoms with E-state index in [9.17, 15) is 8.78 Å². The van der Waals surface area contributed by atoms with E-state index in [0.29, 0.717) is 13.0 Å². The first-order valence-corrected chi connectivity index (χ1v) is 6.64. The van der Waals surface area contributed by atoms with Crippen molar-refractivity contribution in [1.82, 2.24) is 10.2 Å². The molecule has 6 heteroatoms. The van der Waals surface area contributed by atoms with Crippen LogP contribution in [0.1, 0.15) is 5.56 Å². The molecule has 19 heavy (non-hydrogen) atoms. The Balaban J connectivity index is 2.09. The highest BCUT2D eigenvalue weighted by Crippen LogP contribution is 2.31. The fraction of sp³-hybridized carbons (Fsp3) is 0.538. The van der Waals surface area contributed by atoms with Gasteiger partial charge < -0.3 is 15.0 Å². The van der Waals surface area contributed by atoms with Crippen LogP contribution in [0, 0.1) is 11.6 Å². The van der Waals surface area contributed by atoms with Crippen molar-refractivity contribution in [1.29, 1.82) is 0 Å². The monoisotopic (exact) mass is 290 g/mol. The highest BCUT2D eigenvalue weighted by Gasteiger charge is 2.19. The van der Waals surface area contributed by atoms with Gasteiger partial charge >= 0.3 is 0 Å². The second kappa shape index (κ2) is 6.50. The van der Waals surface area contributed by atoms with Crippen molar-refractivity contribution in [2.24, 2.45) is 0 Å². The molecule has 0 radical (unpaired) electrons. The summed E-state index contributed by atoms with van der Waals surface area (Å²) in [5.74, 6) is -1.29. The van der Waals surface area contributed by atoms with Crippen LogP contribution in [0.5, 0.6) is 5.75 Å². The molecule has 1 heterocycles. The first-order chi connectivity index (χ1) is 9.13. The molecule has 1 aliphatic heterocycles. The number of halogens is 3. The Morgan fingerprint density at radius 3 is 2.68 bits per heavy atom. The summed E-state index contributed by atoms with van der Waals surface area (Å²) in [6.45, 7) is 4.24. The second-order valence-electron chi connectivity index (χ2n) is 4.51. The van der Waals surface area contributed by atoms with Crippen LogP contribution >= 0.6 is 11.6 Å². The third-order valence-electron chi connectivity index (χ3n) is 3.33. The maximum Gasteiger partial charge on any atom is 0.151 e. The number of ether oxygens (including phenoxy) is 1. The highest BCUT2D eigenvalue weighted by atomic mass is 35.5.